The summed E-state index contributed by atoms with van der Waals surface area (Å²) in [7, 11) is -1.40. The SMILES string of the molecule is CC1(C)c2c(ncc3ccc([Si](C)(C)C)cc23)-c2cccc3cncc1c23. The van der Waals surface area contributed by atoms with E-state index in [0.29, 0.717) is 0 Å². The van der Waals surface area contributed by atoms with E-state index in [1.165, 1.54) is 43.4 Å². The highest BCUT2D eigenvalue weighted by atomic mass is 28.3. The van der Waals surface area contributed by atoms with Gasteiger partial charge in [0.25, 0.3) is 0 Å². The molecular weight excluding hydrogens is 344 g/mol. The van der Waals surface area contributed by atoms with Gasteiger partial charge in [0.15, 0.2) is 0 Å². The van der Waals surface area contributed by atoms with Gasteiger partial charge in [-0.1, -0.05) is 75.1 Å². The lowest BCUT2D eigenvalue weighted by Gasteiger charge is -2.35. The van der Waals surface area contributed by atoms with Crippen molar-refractivity contribution in [3.05, 3.63) is 66.1 Å². The van der Waals surface area contributed by atoms with Crippen molar-refractivity contribution in [2.45, 2.75) is 38.9 Å². The summed E-state index contributed by atoms with van der Waals surface area (Å²) in [5.74, 6) is 0. The minimum Gasteiger partial charge on any atom is -0.264 e. The van der Waals surface area contributed by atoms with E-state index in [4.69, 9.17) is 4.98 Å². The zero-order valence-electron chi connectivity index (χ0n) is 16.6. The number of rotatable bonds is 1. The first-order valence-corrected chi connectivity index (χ1v) is 13.1. The van der Waals surface area contributed by atoms with E-state index in [-0.39, 0.29) is 5.41 Å². The predicted molar refractivity (Wildman–Crippen MR) is 118 cm³/mol. The molecule has 0 aliphatic heterocycles. The van der Waals surface area contributed by atoms with Crippen molar-refractivity contribution < 1.29 is 0 Å². The summed E-state index contributed by atoms with van der Waals surface area (Å²) >= 11 is 0. The first-order chi connectivity index (χ1) is 12.8. The van der Waals surface area contributed by atoms with Gasteiger partial charge in [0, 0.05) is 40.3 Å². The van der Waals surface area contributed by atoms with E-state index in [1.54, 1.807) is 0 Å². The lowest BCUT2D eigenvalue weighted by atomic mass is 9.69. The van der Waals surface area contributed by atoms with Gasteiger partial charge in [-0.25, -0.2) is 0 Å². The standard InChI is InChI=1S/C24H24N2Si/c1-24(2)20-14-25-12-16-7-6-8-18(21(16)20)23-22(24)19-11-17(27(3,4)5)10-9-15(19)13-26-23/h6-14H,1-5H3. The quantitative estimate of drug-likeness (QED) is 0.407. The Balaban J connectivity index is 1.97. The van der Waals surface area contributed by atoms with Crippen LogP contribution in [0.1, 0.15) is 25.0 Å². The second-order valence-electron chi connectivity index (χ2n) is 9.25. The fraction of sp³-hybridized carbons (Fsp3) is 0.250. The molecule has 4 aromatic rings. The summed E-state index contributed by atoms with van der Waals surface area (Å²) in [6.45, 7) is 11.9. The molecule has 0 radical (unpaired) electrons. The largest absolute Gasteiger partial charge is 0.264 e. The average Bonchev–Trinajstić information content (AvgIpc) is 2.64. The Labute approximate surface area is 161 Å². The number of aromatic nitrogens is 2. The maximum atomic E-state index is 4.95. The van der Waals surface area contributed by atoms with Gasteiger partial charge in [-0.2, -0.15) is 0 Å². The van der Waals surface area contributed by atoms with Crippen LogP contribution in [0.2, 0.25) is 19.6 Å². The van der Waals surface area contributed by atoms with Crippen LogP contribution in [0.15, 0.2) is 55.0 Å². The Morgan fingerprint density at radius 1 is 0.889 bits per heavy atom. The van der Waals surface area contributed by atoms with Gasteiger partial charge in [0.1, 0.15) is 0 Å². The van der Waals surface area contributed by atoms with Gasteiger partial charge >= 0.3 is 0 Å². The van der Waals surface area contributed by atoms with Crippen molar-refractivity contribution in [2.75, 3.05) is 0 Å². The third-order valence-electron chi connectivity index (χ3n) is 6.09. The van der Waals surface area contributed by atoms with Crippen LogP contribution < -0.4 is 5.19 Å². The van der Waals surface area contributed by atoms with Crippen LogP contribution in [-0.2, 0) is 5.41 Å². The van der Waals surface area contributed by atoms with E-state index < -0.39 is 8.07 Å². The maximum Gasteiger partial charge on any atom is 0.0776 e. The van der Waals surface area contributed by atoms with Crippen LogP contribution in [0.4, 0.5) is 0 Å². The minimum atomic E-state index is -1.40. The average molecular weight is 369 g/mol. The molecule has 0 unspecified atom stereocenters. The van der Waals surface area contributed by atoms with E-state index in [0.717, 1.165) is 5.69 Å². The molecule has 3 heteroatoms. The van der Waals surface area contributed by atoms with Gasteiger partial charge in [0.05, 0.1) is 13.8 Å². The smallest absolute Gasteiger partial charge is 0.0776 e. The lowest BCUT2D eigenvalue weighted by molar-refractivity contribution is 0.645. The highest BCUT2D eigenvalue weighted by molar-refractivity contribution is 6.88. The molecule has 27 heavy (non-hydrogen) atoms. The second-order valence-corrected chi connectivity index (χ2v) is 14.3. The predicted octanol–water partition coefficient (Wildman–Crippen LogP) is 5.63. The molecule has 1 aliphatic rings. The zero-order chi connectivity index (χ0) is 19.0. The summed E-state index contributed by atoms with van der Waals surface area (Å²) in [4.78, 5) is 9.50. The molecular formula is C24H24N2Si. The van der Waals surface area contributed by atoms with E-state index in [9.17, 15) is 0 Å². The van der Waals surface area contributed by atoms with Crippen LogP contribution in [0, 0.1) is 0 Å². The fourth-order valence-corrected chi connectivity index (χ4v) is 5.72. The van der Waals surface area contributed by atoms with Gasteiger partial charge in [-0.3, -0.25) is 9.97 Å². The molecule has 5 rings (SSSR count). The summed E-state index contributed by atoms with van der Waals surface area (Å²) in [6.07, 6.45) is 6.06. The molecule has 2 aromatic carbocycles. The Bertz CT molecular complexity index is 1230. The van der Waals surface area contributed by atoms with Gasteiger partial charge in [-0.15, -0.1) is 0 Å². The molecule has 0 bridgehead atoms. The van der Waals surface area contributed by atoms with Gasteiger partial charge in [-0.05, 0) is 21.9 Å². The number of benzene rings is 2. The van der Waals surface area contributed by atoms with Crippen LogP contribution in [0.3, 0.4) is 0 Å². The highest BCUT2D eigenvalue weighted by Gasteiger charge is 2.36. The molecule has 0 fully saturated rings. The van der Waals surface area contributed by atoms with Gasteiger partial charge < -0.3 is 0 Å². The Morgan fingerprint density at radius 2 is 1.70 bits per heavy atom. The Morgan fingerprint density at radius 3 is 2.48 bits per heavy atom. The molecule has 2 aromatic heterocycles. The van der Waals surface area contributed by atoms with Crippen LogP contribution >= 0.6 is 0 Å². The number of pyridine rings is 2. The van der Waals surface area contributed by atoms with Crippen molar-refractivity contribution in [3.8, 4) is 11.3 Å². The summed E-state index contributed by atoms with van der Waals surface area (Å²) in [5.41, 5.74) is 4.87. The lowest BCUT2D eigenvalue weighted by Crippen LogP contribution is -2.37. The number of nitrogens with zero attached hydrogens (tertiary/aromatic N) is 2. The summed E-state index contributed by atoms with van der Waals surface area (Å²) in [6, 6.07) is 13.5. The molecule has 0 N–H and O–H groups in total. The van der Waals surface area contributed by atoms with Crippen molar-refractivity contribution in [1.29, 1.82) is 0 Å². The van der Waals surface area contributed by atoms with E-state index >= 15 is 0 Å². The van der Waals surface area contributed by atoms with Gasteiger partial charge in [0.2, 0.25) is 0 Å². The molecule has 1 aliphatic carbocycles. The number of hydrogen-bond donors (Lipinski definition) is 0. The molecule has 2 nitrogen and oxygen atoms in total. The third-order valence-corrected chi connectivity index (χ3v) is 8.14. The van der Waals surface area contributed by atoms with Crippen LogP contribution in [0.5, 0.6) is 0 Å². The molecule has 2 heterocycles. The second kappa shape index (κ2) is 5.26. The van der Waals surface area contributed by atoms with Crippen LogP contribution in [0.25, 0.3) is 32.8 Å². The van der Waals surface area contributed by atoms with Crippen molar-refractivity contribution in [2.24, 2.45) is 0 Å². The topological polar surface area (TPSA) is 25.8 Å². The molecule has 0 atom stereocenters. The monoisotopic (exact) mass is 368 g/mol. The normalized spacial score (nSPS) is 15.1. The van der Waals surface area contributed by atoms with E-state index in [1.807, 2.05) is 12.4 Å². The van der Waals surface area contributed by atoms with Crippen molar-refractivity contribution in [1.82, 2.24) is 9.97 Å². The fourth-order valence-electron chi connectivity index (χ4n) is 4.56. The highest BCUT2D eigenvalue weighted by Crippen LogP contribution is 2.49. The van der Waals surface area contributed by atoms with Crippen molar-refractivity contribution in [3.63, 3.8) is 0 Å². The van der Waals surface area contributed by atoms with Crippen molar-refractivity contribution >= 4 is 34.8 Å². The summed E-state index contributed by atoms with van der Waals surface area (Å²) < 4.78 is 0. The first-order valence-electron chi connectivity index (χ1n) is 9.60. The summed E-state index contributed by atoms with van der Waals surface area (Å²) in [5, 5.41) is 6.56. The molecule has 134 valence electrons. The maximum absolute atomic E-state index is 4.95. The Hall–Kier alpha value is -2.52. The van der Waals surface area contributed by atoms with Crippen LogP contribution in [-0.4, -0.2) is 18.0 Å². The Kier molecular flexibility index (Phi) is 3.24. The number of fused-ring (bicyclic) bond motifs is 4. The molecule has 0 saturated carbocycles. The minimum absolute atomic E-state index is 0.138. The first kappa shape index (κ1) is 16.6. The molecule has 0 spiro atoms. The van der Waals surface area contributed by atoms with E-state index in [2.05, 4.69) is 81.1 Å². The molecule has 0 amide bonds. The zero-order valence-corrected chi connectivity index (χ0v) is 17.6. The third kappa shape index (κ3) is 2.24. The number of hydrogen-bond acceptors (Lipinski definition) is 2. The molecule has 0 saturated heterocycles.